The van der Waals surface area contributed by atoms with Crippen LogP contribution in [0.15, 0.2) is 12.2 Å². The lowest BCUT2D eigenvalue weighted by molar-refractivity contribution is -0.314. The molecule has 6 heteroatoms. The summed E-state index contributed by atoms with van der Waals surface area (Å²) in [5.74, 6) is 0. The first kappa shape index (κ1) is 15.3. The fourth-order valence-corrected chi connectivity index (χ4v) is 0.991. The lowest BCUT2D eigenvalue weighted by atomic mass is 9.88. The molecule has 0 fully saturated rings. The van der Waals surface area contributed by atoms with Crippen molar-refractivity contribution in [1.82, 2.24) is 0 Å². The van der Waals surface area contributed by atoms with Crippen molar-refractivity contribution in [2.45, 2.75) is 45.5 Å². The van der Waals surface area contributed by atoms with E-state index in [1.54, 1.807) is 6.92 Å². The van der Waals surface area contributed by atoms with Gasteiger partial charge in [-0.15, -0.1) is 0 Å². The van der Waals surface area contributed by atoms with Gasteiger partial charge in [-0.25, -0.2) is 0 Å². The Hall–Kier alpha value is -0.680. The van der Waals surface area contributed by atoms with Crippen molar-refractivity contribution in [3.63, 3.8) is 0 Å². The van der Waals surface area contributed by atoms with E-state index in [0.717, 1.165) is 12.5 Å². The van der Waals surface area contributed by atoms with Crippen LogP contribution >= 0.6 is 0 Å². The van der Waals surface area contributed by atoms with E-state index >= 15 is 0 Å². The second-order valence-electron chi connectivity index (χ2n) is 3.74. The smallest absolute Gasteiger partial charge is 0.170 e. The summed E-state index contributed by atoms with van der Waals surface area (Å²) in [7, 11) is 0. The molecule has 0 aliphatic rings. The summed E-state index contributed by atoms with van der Waals surface area (Å²) in [6.45, 7) is 1.95. The molecule has 0 aromatic rings. The van der Waals surface area contributed by atoms with Crippen molar-refractivity contribution < 1.29 is 26.3 Å². The van der Waals surface area contributed by atoms with Crippen LogP contribution in [0.3, 0.4) is 0 Å². The Kier molecular flexibility index (Phi) is 4.88. The summed E-state index contributed by atoms with van der Waals surface area (Å²) in [6, 6.07) is 0. The standard InChI is InChI=1S/C10H14F6/c1-3-4-5-6-7-8(2,9(11,12)13)10(14,15)16/h6-7H,3-5H2,1-2H3. The summed E-state index contributed by atoms with van der Waals surface area (Å²) in [5, 5.41) is 0. The van der Waals surface area contributed by atoms with Crippen LogP contribution in [-0.4, -0.2) is 12.4 Å². The number of alkyl halides is 6. The van der Waals surface area contributed by atoms with Crippen LogP contribution in [0, 0.1) is 5.41 Å². The minimum Gasteiger partial charge on any atom is -0.170 e. The van der Waals surface area contributed by atoms with Crippen molar-refractivity contribution in [3.05, 3.63) is 12.2 Å². The van der Waals surface area contributed by atoms with Crippen LogP contribution < -0.4 is 0 Å². The number of hydrogen-bond donors (Lipinski definition) is 0. The fraction of sp³-hybridized carbons (Fsp3) is 0.800. The van der Waals surface area contributed by atoms with Crippen molar-refractivity contribution in [1.29, 1.82) is 0 Å². The minimum atomic E-state index is -5.33. The molecule has 0 heterocycles. The third-order valence-corrected chi connectivity index (χ3v) is 2.35. The van der Waals surface area contributed by atoms with Gasteiger partial charge in [-0.1, -0.05) is 31.9 Å². The molecule has 0 rings (SSSR count). The Bertz CT molecular complexity index is 221. The Morgan fingerprint density at radius 3 is 1.69 bits per heavy atom. The summed E-state index contributed by atoms with van der Waals surface area (Å²) < 4.78 is 74.0. The molecule has 0 amide bonds. The second-order valence-corrected chi connectivity index (χ2v) is 3.74. The van der Waals surface area contributed by atoms with Crippen molar-refractivity contribution in [2.24, 2.45) is 5.41 Å². The first-order valence-electron chi connectivity index (χ1n) is 4.87. The molecular formula is C10H14F6. The first-order chi connectivity index (χ1) is 7.06. The molecule has 0 aliphatic carbocycles. The zero-order valence-corrected chi connectivity index (χ0v) is 9.04. The maximum atomic E-state index is 12.3. The van der Waals surface area contributed by atoms with E-state index in [-0.39, 0.29) is 19.4 Å². The topological polar surface area (TPSA) is 0 Å². The average molecular weight is 248 g/mol. The lowest BCUT2D eigenvalue weighted by Crippen LogP contribution is -2.46. The molecule has 0 N–H and O–H groups in total. The van der Waals surface area contributed by atoms with Crippen LogP contribution in [0.2, 0.25) is 0 Å². The van der Waals surface area contributed by atoms with Crippen LogP contribution in [0.4, 0.5) is 26.3 Å². The van der Waals surface area contributed by atoms with Gasteiger partial charge in [0, 0.05) is 0 Å². The van der Waals surface area contributed by atoms with Gasteiger partial charge in [-0.3, -0.25) is 0 Å². The van der Waals surface area contributed by atoms with Crippen molar-refractivity contribution in [2.75, 3.05) is 0 Å². The predicted molar refractivity (Wildman–Crippen MR) is 48.9 cm³/mol. The van der Waals surface area contributed by atoms with Gasteiger partial charge < -0.3 is 0 Å². The molecule has 16 heavy (non-hydrogen) atoms. The molecule has 0 aliphatic heterocycles. The van der Waals surface area contributed by atoms with Gasteiger partial charge in [0.25, 0.3) is 0 Å². The zero-order chi connectivity index (χ0) is 13.0. The maximum absolute atomic E-state index is 12.3. The highest BCUT2D eigenvalue weighted by Gasteiger charge is 2.65. The van der Waals surface area contributed by atoms with E-state index in [9.17, 15) is 26.3 Å². The summed E-state index contributed by atoms with van der Waals surface area (Å²) in [5.41, 5.74) is -3.76. The number of halogens is 6. The van der Waals surface area contributed by atoms with E-state index in [1.165, 1.54) is 0 Å². The lowest BCUT2D eigenvalue weighted by Gasteiger charge is -2.31. The molecule has 0 saturated carbocycles. The minimum absolute atomic E-state index is 0.148. The van der Waals surface area contributed by atoms with Gasteiger partial charge in [-0.05, 0) is 13.3 Å². The summed E-state index contributed by atoms with van der Waals surface area (Å²) in [6.07, 6.45) is -7.98. The number of rotatable bonds is 4. The van der Waals surface area contributed by atoms with Gasteiger partial charge in [0.15, 0.2) is 5.41 Å². The van der Waals surface area contributed by atoms with Gasteiger partial charge >= 0.3 is 12.4 Å². The molecule has 0 nitrogen and oxygen atoms in total. The monoisotopic (exact) mass is 248 g/mol. The molecule has 0 radical (unpaired) electrons. The van der Waals surface area contributed by atoms with Crippen LogP contribution in [0.5, 0.6) is 0 Å². The summed E-state index contributed by atoms with van der Waals surface area (Å²) >= 11 is 0. The molecule has 0 atom stereocenters. The molecule has 0 saturated heterocycles. The summed E-state index contributed by atoms with van der Waals surface area (Å²) in [4.78, 5) is 0. The number of allylic oxidation sites excluding steroid dienone is 2. The van der Waals surface area contributed by atoms with E-state index in [1.807, 2.05) is 0 Å². The average Bonchev–Trinajstić information content (AvgIpc) is 2.08. The zero-order valence-electron chi connectivity index (χ0n) is 9.04. The Labute approximate surface area is 90.3 Å². The highest BCUT2D eigenvalue weighted by atomic mass is 19.4. The largest absolute Gasteiger partial charge is 0.406 e. The third-order valence-electron chi connectivity index (χ3n) is 2.35. The molecular weight excluding hydrogens is 234 g/mol. The van der Waals surface area contributed by atoms with E-state index in [2.05, 4.69) is 0 Å². The molecule has 0 spiro atoms. The van der Waals surface area contributed by atoms with Gasteiger partial charge in [0.1, 0.15) is 0 Å². The molecule has 96 valence electrons. The van der Waals surface area contributed by atoms with Gasteiger partial charge in [0.2, 0.25) is 0 Å². The number of hydrogen-bond acceptors (Lipinski definition) is 0. The molecule has 0 aromatic carbocycles. The molecule has 0 unspecified atom stereocenters. The normalized spacial score (nSPS) is 14.8. The maximum Gasteiger partial charge on any atom is 0.406 e. The highest BCUT2D eigenvalue weighted by molar-refractivity contribution is 5.06. The highest BCUT2D eigenvalue weighted by Crippen LogP contribution is 2.51. The van der Waals surface area contributed by atoms with Crippen LogP contribution in [0.25, 0.3) is 0 Å². The quantitative estimate of drug-likeness (QED) is 0.378. The molecule has 0 aromatic heterocycles. The molecule has 0 bridgehead atoms. The van der Waals surface area contributed by atoms with Crippen molar-refractivity contribution >= 4 is 0 Å². The van der Waals surface area contributed by atoms with Gasteiger partial charge in [0.05, 0.1) is 0 Å². The Balaban J connectivity index is 4.91. The van der Waals surface area contributed by atoms with Gasteiger partial charge in [-0.2, -0.15) is 26.3 Å². The van der Waals surface area contributed by atoms with Crippen LogP contribution in [-0.2, 0) is 0 Å². The van der Waals surface area contributed by atoms with Crippen molar-refractivity contribution in [3.8, 4) is 0 Å². The SMILES string of the molecule is CCCCC=CC(C)(C(F)(F)F)C(F)(F)F. The van der Waals surface area contributed by atoms with E-state index < -0.39 is 17.8 Å². The third kappa shape index (κ3) is 3.42. The van der Waals surface area contributed by atoms with Crippen LogP contribution in [0.1, 0.15) is 33.1 Å². The van der Waals surface area contributed by atoms with E-state index in [0.29, 0.717) is 6.42 Å². The fourth-order valence-electron chi connectivity index (χ4n) is 0.991. The number of unbranched alkanes of at least 4 members (excludes halogenated alkanes) is 2. The Morgan fingerprint density at radius 1 is 0.938 bits per heavy atom. The van der Waals surface area contributed by atoms with E-state index in [4.69, 9.17) is 0 Å². The Morgan fingerprint density at radius 2 is 1.38 bits per heavy atom. The first-order valence-corrected chi connectivity index (χ1v) is 4.87. The second kappa shape index (κ2) is 5.10. The predicted octanol–water partition coefficient (Wildman–Crippen LogP) is 4.86.